The van der Waals surface area contributed by atoms with Crippen molar-refractivity contribution >= 4 is 11.5 Å². The summed E-state index contributed by atoms with van der Waals surface area (Å²) in [5, 5.41) is 12.2. The fraction of sp³-hybridized carbons (Fsp3) is 0.375. The van der Waals surface area contributed by atoms with Crippen LogP contribution in [-0.2, 0) is 10.2 Å². The van der Waals surface area contributed by atoms with E-state index in [9.17, 15) is 4.39 Å². The first-order chi connectivity index (χ1) is 18.4. The zero-order chi connectivity index (χ0) is 28.2. The van der Waals surface area contributed by atoms with Crippen LogP contribution in [0.2, 0.25) is 0 Å². The van der Waals surface area contributed by atoms with Gasteiger partial charge in [-0.1, -0.05) is 50.8 Å². The molecule has 0 aliphatic carbocycles. The quantitative estimate of drug-likeness (QED) is 0.318. The minimum atomic E-state index is -0.254. The summed E-state index contributed by atoms with van der Waals surface area (Å²) in [7, 11) is 0. The van der Waals surface area contributed by atoms with Crippen molar-refractivity contribution in [2.45, 2.75) is 45.6 Å². The third kappa shape index (κ3) is 7.37. The van der Waals surface area contributed by atoms with Gasteiger partial charge in [0.1, 0.15) is 17.2 Å². The number of rotatable bonds is 9. The zero-order valence-corrected chi connectivity index (χ0v) is 23.8. The number of benzene rings is 2. The van der Waals surface area contributed by atoms with Crippen molar-refractivity contribution < 1.29 is 9.13 Å². The number of ether oxygens (including phenoxy) is 1. The van der Waals surface area contributed by atoms with Gasteiger partial charge in [-0.2, -0.15) is 0 Å². The number of hydrogen-bond acceptors (Lipinski definition) is 6. The summed E-state index contributed by atoms with van der Waals surface area (Å²) >= 11 is 0. The molecule has 206 valence electrons. The molecule has 0 saturated carbocycles. The van der Waals surface area contributed by atoms with Crippen molar-refractivity contribution in [1.29, 1.82) is 0 Å². The summed E-state index contributed by atoms with van der Waals surface area (Å²) in [5.74, 6) is 1.20. The first-order valence-corrected chi connectivity index (χ1v) is 13.4. The van der Waals surface area contributed by atoms with Gasteiger partial charge in [0.2, 0.25) is 0 Å². The Morgan fingerprint density at radius 2 is 1.56 bits per heavy atom. The molecule has 6 nitrogen and oxygen atoms in total. The molecule has 7 heteroatoms. The molecular formula is C32H40FN5O. The minimum absolute atomic E-state index is 0.193. The second-order valence-corrected chi connectivity index (χ2v) is 11.7. The van der Waals surface area contributed by atoms with Crippen molar-refractivity contribution in [2.75, 3.05) is 38.0 Å². The van der Waals surface area contributed by atoms with Gasteiger partial charge in [-0.15, -0.1) is 10.2 Å². The predicted molar refractivity (Wildman–Crippen MR) is 158 cm³/mol. The fourth-order valence-electron chi connectivity index (χ4n) is 4.58. The Bertz CT molecular complexity index is 1290. The maximum atomic E-state index is 13.3. The normalized spacial score (nSPS) is 14.2. The zero-order valence-electron chi connectivity index (χ0n) is 23.8. The molecule has 0 unspecified atom stereocenters. The molecule has 2 aromatic carbocycles. The molecule has 0 atom stereocenters. The van der Waals surface area contributed by atoms with Gasteiger partial charge in [-0.05, 0) is 68.8 Å². The van der Waals surface area contributed by atoms with Crippen LogP contribution in [0.25, 0.3) is 17.0 Å². The Kier molecular flexibility index (Phi) is 8.28. The second kappa shape index (κ2) is 11.5. The highest BCUT2D eigenvalue weighted by Gasteiger charge is 2.23. The minimum Gasteiger partial charge on any atom is -0.474 e. The van der Waals surface area contributed by atoms with Gasteiger partial charge in [0.05, 0.1) is 5.69 Å². The fourth-order valence-corrected chi connectivity index (χ4v) is 4.58. The maximum Gasteiger partial charge on any atom is 0.182 e. The van der Waals surface area contributed by atoms with E-state index in [1.807, 2.05) is 57.2 Å². The highest BCUT2D eigenvalue weighted by atomic mass is 19.1. The standard InChI is InChI=1S/C32H40FN5O/c1-23(37-17-19-38(20-18-37)24(2)39-31(3,4)5)25-9-8-10-26(21-25)29-15-16-30(36-35-29)34-22-32(6,7)27-11-13-28(33)14-12-27/h8-16,21H,1-2,17-20,22H2,3-7H3,(H,34,36). The average molecular weight is 530 g/mol. The van der Waals surface area contributed by atoms with Gasteiger partial charge < -0.3 is 19.9 Å². The smallest absolute Gasteiger partial charge is 0.182 e. The molecule has 0 spiro atoms. The average Bonchev–Trinajstić information content (AvgIpc) is 2.91. The summed E-state index contributed by atoms with van der Waals surface area (Å²) < 4.78 is 19.3. The van der Waals surface area contributed by atoms with E-state index in [1.165, 1.54) is 12.1 Å². The van der Waals surface area contributed by atoms with E-state index in [-0.39, 0.29) is 16.8 Å². The Balaban J connectivity index is 1.35. The van der Waals surface area contributed by atoms with E-state index in [1.54, 1.807) is 0 Å². The lowest BCUT2D eigenvalue weighted by Crippen LogP contribution is -2.45. The van der Waals surface area contributed by atoms with Crippen LogP contribution in [0.1, 0.15) is 45.7 Å². The van der Waals surface area contributed by atoms with Gasteiger partial charge in [-0.3, -0.25) is 0 Å². The highest BCUT2D eigenvalue weighted by Crippen LogP contribution is 2.27. The van der Waals surface area contributed by atoms with Gasteiger partial charge in [0.25, 0.3) is 0 Å². The molecule has 1 fully saturated rings. The number of anilines is 1. The molecule has 0 radical (unpaired) electrons. The van der Waals surface area contributed by atoms with Crippen LogP contribution in [0.4, 0.5) is 10.2 Å². The molecule has 0 bridgehead atoms. The molecule has 4 rings (SSSR count). The Hall–Kier alpha value is -3.87. The van der Waals surface area contributed by atoms with Crippen LogP contribution in [0.15, 0.2) is 79.7 Å². The Morgan fingerprint density at radius 1 is 0.897 bits per heavy atom. The van der Waals surface area contributed by atoms with Crippen LogP contribution < -0.4 is 5.32 Å². The largest absolute Gasteiger partial charge is 0.474 e. The number of aromatic nitrogens is 2. The van der Waals surface area contributed by atoms with Crippen LogP contribution in [-0.4, -0.2) is 58.3 Å². The summed E-state index contributed by atoms with van der Waals surface area (Å²) in [6.07, 6.45) is 0. The van der Waals surface area contributed by atoms with E-state index in [0.29, 0.717) is 12.4 Å². The summed E-state index contributed by atoms with van der Waals surface area (Å²) in [6, 6.07) is 18.8. The molecule has 1 saturated heterocycles. The van der Waals surface area contributed by atoms with E-state index >= 15 is 0 Å². The van der Waals surface area contributed by atoms with Gasteiger partial charge >= 0.3 is 0 Å². The predicted octanol–water partition coefficient (Wildman–Crippen LogP) is 6.55. The number of piperazine rings is 1. The van der Waals surface area contributed by atoms with Crippen molar-refractivity contribution in [3.8, 4) is 11.3 Å². The molecule has 3 aromatic rings. The third-order valence-electron chi connectivity index (χ3n) is 6.93. The maximum absolute atomic E-state index is 13.3. The van der Waals surface area contributed by atoms with E-state index in [0.717, 1.165) is 60.1 Å². The molecule has 1 aromatic heterocycles. The summed E-state index contributed by atoms with van der Waals surface area (Å²) in [6.45, 7) is 22.9. The monoisotopic (exact) mass is 529 g/mol. The topological polar surface area (TPSA) is 53.5 Å². The molecule has 2 heterocycles. The lowest BCUT2D eigenvalue weighted by molar-refractivity contribution is -0.00550. The number of nitrogens with one attached hydrogen (secondary N) is 1. The second-order valence-electron chi connectivity index (χ2n) is 11.7. The molecule has 1 N–H and O–H groups in total. The number of halogens is 1. The molecular weight excluding hydrogens is 489 g/mol. The lowest BCUT2D eigenvalue weighted by atomic mass is 9.84. The van der Waals surface area contributed by atoms with Gasteiger partial charge in [-0.25, -0.2) is 4.39 Å². The Morgan fingerprint density at radius 3 is 2.18 bits per heavy atom. The van der Waals surface area contributed by atoms with Crippen LogP contribution in [0.5, 0.6) is 0 Å². The number of hydrogen-bond donors (Lipinski definition) is 1. The van der Waals surface area contributed by atoms with E-state index in [2.05, 4.69) is 64.5 Å². The highest BCUT2D eigenvalue weighted by molar-refractivity contribution is 5.69. The van der Waals surface area contributed by atoms with Crippen LogP contribution in [0.3, 0.4) is 0 Å². The third-order valence-corrected chi connectivity index (χ3v) is 6.93. The van der Waals surface area contributed by atoms with Crippen molar-refractivity contribution in [3.63, 3.8) is 0 Å². The van der Waals surface area contributed by atoms with Crippen molar-refractivity contribution in [3.05, 3.63) is 96.6 Å². The molecule has 0 amide bonds. The summed E-state index contributed by atoms with van der Waals surface area (Å²) in [4.78, 5) is 4.50. The van der Waals surface area contributed by atoms with Crippen molar-refractivity contribution in [1.82, 2.24) is 20.0 Å². The lowest BCUT2D eigenvalue weighted by Gasteiger charge is -2.40. The summed E-state index contributed by atoms with van der Waals surface area (Å²) in [5.41, 5.74) is 4.46. The number of nitrogens with zero attached hydrogens (tertiary/aromatic N) is 4. The van der Waals surface area contributed by atoms with E-state index < -0.39 is 0 Å². The SMILES string of the molecule is C=C(OC(C)(C)C)N1CCN(C(=C)c2cccc(-c3ccc(NCC(C)(C)c4ccc(F)cc4)nn3)c2)CC1. The molecule has 1 aliphatic rings. The molecule has 39 heavy (non-hydrogen) atoms. The Labute approximate surface area is 232 Å². The first kappa shape index (κ1) is 28.1. The first-order valence-electron chi connectivity index (χ1n) is 13.4. The van der Waals surface area contributed by atoms with Gasteiger partial charge in [0, 0.05) is 49.4 Å². The van der Waals surface area contributed by atoms with E-state index in [4.69, 9.17) is 4.74 Å². The van der Waals surface area contributed by atoms with Crippen molar-refractivity contribution in [2.24, 2.45) is 0 Å². The van der Waals surface area contributed by atoms with Crippen LogP contribution in [0, 0.1) is 5.82 Å². The molecule has 1 aliphatic heterocycles. The van der Waals surface area contributed by atoms with Gasteiger partial charge in [0.15, 0.2) is 5.88 Å². The van der Waals surface area contributed by atoms with Crippen LogP contribution >= 0.6 is 0 Å².